The molecule has 0 radical (unpaired) electrons. The van der Waals surface area contributed by atoms with E-state index in [0.29, 0.717) is 47.0 Å². The summed E-state index contributed by atoms with van der Waals surface area (Å²) in [6.45, 7) is 2.19. The highest BCUT2D eigenvalue weighted by molar-refractivity contribution is 5.82. The van der Waals surface area contributed by atoms with Crippen molar-refractivity contribution in [3.8, 4) is 23.0 Å². The summed E-state index contributed by atoms with van der Waals surface area (Å²) in [6.07, 6.45) is 0.932. The van der Waals surface area contributed by atoms with Crippen molar-refractivity contribution in [1.29, 1.82) is 0 Å². The van der Waals surface area contributed by atoms with Crippen molar-refractivity contribution < 1.29 is 28.2 Å². The number of carbonyl (C=O) groups is 1. The Morgan fingerprint density at radius 2 is 1.93 bits per heavy atom. The monoisotopic (exact) mass is 396 g/mol. The van der Waals surface area contributed by atoms with Crippen LogP contribution in [-0.4, -0.2) is 25.8 Å². The Morgan fingerprint density at radius 1 is 1.14 bits per heavy atom. The molecule has 1 fully saturated rings. The zero-order valence-electron chi connectivity index (χ0n) is 16.1. The fraction of sp³-hybridized carbons (Fsp3) is 0.273. The van der Waals surface area contributed by atoms with E-state index in [9.17, 15) is 9.59 Å². The maximum absolute atomic E-state index is 12.9. The van der Waals surface area contributed by atoms with Crippen molar-refractivity contribution in [3.05, 3.63) is 58.4 Å². The van der Waals surface area contributed by atoms with E-state index in [1.54, 1.807) is 43.3 Å². The molecule has 0 bridgehead atoms. The summed E-state index contributed by atoms with van der Waals surface area (Å²) in [6, 6.07) is 11.6. The molecule has 2 aromatic carbocycles. The number of benzene rings is 2. The van der Waals surface area contributed by atoms with E-state index in [0.717, 1.165) is 6.42 Å². The lowest BCUT2D eigenvalue weighted by atomic mass is 10.2. The highest BCUT2D eigenvalue weighted by atomic mass is 16.6. The largest absolute Gasteiger partial charge is 0.493 e. The van der Waals surface area contributed by atoms with Crippen LogP contribution in [0.25, 0.3) is 11.0 Å². The maximum Gasteiger partial charge on any atom is 0.340 e. The van der Waals surface area contributed by atoms with Crippen molar-refractivity contribution in [1.82, 2.24) is 0 Å². The fourth-order valence-electron chi connectivity index (χ4n) is 3.21. The second kappa shape index (κ2) is 7.97. The van der Waals surface area contributed by atoms with Gasteiger partial charge in [0.25, 0.3) is 0 Å². The summed E-state index contributed by atoms with van der Waals surface area (Å²) in [5.41, 5.74) is -0.0239. The molecule has 29 heavy (non-hydrogen) atoms. The minimum atomic E-state index is -0.545. The van der Waals surface area contributed by atoms with Gasteiger partial charge in [-0.2, -0.15) is 0 Å². The number of hydrogen-bond donors (Lipinski definition) is 0. The third kappa shape index (κ3) is 3.82. The van der Waals surface area contributed by atoms with Crippen molar-refractivity contribution in [2.24, 2.45) is 0 Å². The van der Waals surface area contributed by atoms with Crippen molar-refractivity contribution in [3.63, 3.8) is 0 Å². The Labute approximate surface area is 166 Å². The number of ether oxygens (including phenoxy) is 4. The summed E-state index contributed by atoms with van der Waals surface area (Å²) in [4.78, 5) is 25.1. The SMILES string of the molecule is COc1ccccc1Oc1c(C)oc2cc(OC(=O)C3CCCO3)ccc2c1=O. The standard InChI is InChI=1S/C22H20O7/c1-13-21(29-17-7-4-3-6-16(17)25-2)20(23)15-10-9-14(12-19(15)27-13)28-22(24)18-8-5-11-26-18/h3-4,6-7,9-10,12,18H,5,8,11H2,1-2H3. The van der Waals surface area contributed by atoms with Crippen molar-refractivity contribution in [2.45, 2.75) is 25.9 Å². The average molecular weight is 396 g/mol. The lowest BCUT2D eigenvalue weighted by molar-refractivity contribution is -0.144. The van der Waals surface area contributed by atoms with E-state index in [1.165, 1.54) is 13.2 Å². The predicted octanol–water partition coefficient (Wildman–Crippen LogP) is 3.99. The molecule has 4 rings (SSSR count). The molecule has 7 heteroatoms. The van der Waals surface area contributed by atoms with Gasteiger partial charge >= 0.3 is 5.97 Å². The van der Waals surface area contributed by atoms with E-state index >= 15 is 0 Å². The van der Waals surface area contributed by atoms with Crippen molar-refractivity contribution in [2.75, 3.05) is 13.7 Å². The number of aryl methyl sites for hydroxylation is 1. The van der Waals surface area contributed by atoms with E-state index < -0.39 is 12.1 Å². The molecule has 1 aromatic heterocycles. The first-order valence-electron chi connectivity index (χ1n) is 9.28. The van der Waals surface area contributed by atoms with Gasteiger partial charge in [0.05, 0.1) is 12.5 Å². The molecule has 0 aliphatic carbocycles. The van der Waals surface area contributed by atoms with Gasteiger partial charge in [0, 0.05) is 12.7 Å². The van der Waals surface area contributed by atoms with Gasteiger partial charge in [-0.1, -0.05) is 12.1 Å². The number of methoxy groups -OCH3 is 1. The summed E-state index contributed by atoms with van der Waals surface area (Å²) < 4.78 is 27.5. The van der Waals surface area contributed by atoms with Gasteiger partial charge in [0.15, 0.2) is 17.6 Å². The van der Waals surface area contributed by atoms with Crippen LogP contribution >= 0.6 is 0 Å². The summed E-state index contributed by atoms with van der Waals surface area (Å²) in [5.74, 6) is 1.13. The maximum atomic E-state index is 12.9. The average Bonchev–Trinajstić information content (AvgIpc) is 3.26. The smallest absolute Gasteiger partial charge is 0.340 e. The minimum Gasteiger partial charge on any atom is -0.493 e. The minimum absolute atomic E-state index is 0.0751. The molecule has 0 saturated carbocycles. The molecular formula is C22H20O7. The lowest BCUT2D eigenvalue weighted by Crippen LogP contribution is -2.24. The highest BCUT2D eigenvalue weighted by Gasteiger charge is 2.26. The number of hydrogen-bond acceptors (Lipinski definition) is 7. The van der Waals surface area contributed by atoms with Gasteiger partial charge in [-0.3, -0.25) is 4.79 Å². The first kappa shape index (κ1) is 19.0. The fourth-order valence-corrected chi connectivity index (χ4v) is 3.21. The van der Waals surface area contributed by atoms with Gasteiger partial charge < -0.3 is 23.4 Å². The highest BCUT2D eigenvalue weighted by Crippen LogP contribution is 2.32. The Bertz CT molecular complexity index is 1110. The zero-order valence-corrected chi connectivity index (χ0v) is 16.1. The Hall–Kier alpha value is -3.32. The predicted molar refractivity (Wildman–Crippen MR) is 105 cm³/mol. The molecule has 1 saturated heterocycles. The van der Waals surface area contributed by atoms with Crippen LogP contribution in [0, 0.1) is 6.92 Å². The summed E-state index contributed by atoms with van der Waals surface area (Å²) in [5, 5.41) is 0.317. The van der Waals surface area contributed by atoms with Crippen LogP contribution < -0.4 is 19.6 Å². The number of para-hydroxylation sites is 2. The van der Waals surface area contributed by atoms with Crippen LogP contribution in [0.15, 0.2) is 51.7 Å². The van der Waals surface area contributed by atoms with Crippen molar-refractivity contribution >= 4 is 16.9 Å². The van der Waals surface area contributed by atoms with Gasteiger partial charge in [-0.15, -0.1) is 0 Å². The number of fused-ring (bicyclic) bond motifs is 1. The van der Waals surface area contributed by atoms with E-state index in [4.69, 9.17) is 23.4 Å². The van der Waals surface area contributed by atoms with Gasteiger partial charge in [0.2, 0.25) is 11.2 Å². The summed E-state index contributed by atoms with van der Waals surface area (Å²) >= 11 is 0. The van der Waals surface area contributed by atoms with Gasteiger partial charge in [-0.05, 0) is 44.0 Å². The van der Waals surface area contributed by atoms with E-state index in [1.807, 2.05) is 0 Å². The molecule has 1 atom stereocenters. The number of carbonyl (C=O) groups excluding carboxylic acids is 1. The molecule has 0 spiro atoms. The van der Waals surface area contributed by atoms with Crippen LogP contribution in [0.2, 0.25) is 0 Å². The molecule has 0 amide bonds. The van der Waals surface area contributed by atoms with Crippen LogP contribution in [0.3, 0.4) is 0 Å². The number of esters is 1. The molecule has 7 nitrogen and oxygen atoms in total. The molecular weight excluding hydrogens is 376 g/mol. The number of rotatable bonds is 5. The van der Waals surface area contributed by atoms with Crippen LogP contribution in [0.5, 0.6) is 23.0 Å². The Balaban J connectivity index is 1.65. The third-order valence-corrected chi connectivity index (χ3v) is 4.68. The van der Waals surface area contributed by atoms with Crippen LogP contribution in [0.1, 0.15) is 18.6 Å². The molecule has 3 aromatic rings. The first-order valence-corrected chi connectivity index (χ1v) is 9.28. The van der Waals surface area contributed by atoms with Gasteiger partial charge in [0.1, 0.15) is 17.1 Å². The summed E-state index contributed by atoms with van der Waals surface area (Å²) in [7, 11) is 1.53. The molecule has 150 valence electrons. The lowest BCUT2D eigenvalue weighted by Gasteiger charge is -2.12. The first-order chi connectivity index (χ1) is 14.1. The Kier molecular flexibility index (Phi) is 5.22. The molecule has 1 aliphatic rings. The molecule has 0 N–H and O–H groups in total. The Morgan fingerprint density at radius 3 is 2.66 bits per heavy atom. The third-order valence-electron chi connectivity index (χ3n) is 4.68. The van der Waals surface area contributed by atoms with E-state index in [2.05, 4.69) is 0 Å². The van der Waals surface area contributed by atoms with Crippen LogP contribution in [0.4, 0.5) is 0 Å². The zero-order chi connectivity index (χ0) is 20.4. The second-order valence-electron chi connectivity index (χ2n) is 6.65. The second-order valence-corrected chi connectivity index (χ2v) is 6.65. The molecule has 2 heterocycles. The van der Waals surface area contributed by atoms with Gasteiger partial charge in [-0.25, -0.2) is 4.79 Å². The quantitative estimate of drug-likeness (QED) is 0.476. The normalized spacial score (nSPS) is 16.0. The topological polar surface area (TPSA) is 84.2 Å². The molecule has 1 unspecified atom stereocenters. The van der Waals surface area contributed by atoms with Crippen LogP contribution in [-0.2, 0) is 9.53 Å². The van der Waals surface area contributed by atoms with E-state index in [-0.39, 0.29) is 11.2 Å². The molecule has 1 aliphatic heterocycles.